The highest BCUT2D eigenvalue weighted by Gasteiger charge is 2.31. The lowest BCUT2D eigenvalue weighted by atomic mass is 10.1. The number of para-hydroxylation sites is 2. The Morgan fingerprint density at radius 2 is 1.88 bits per heavy atom. The van der Waals surface area contributed by atoms with Gasteiger partial charge in [0.1, 0.15) is 5.75 Å². The Labute approximate surface area is 153 Å². The molecule has 0 unspecified atom stereocenters. The average Bonchev–Trinajstić information content (AvgIpc) is 2.64. The van der Waals surface area contributed by atoms with E-state index in [-0.39, 0.29) is 37.4 Å². The van der Waals surface area contributed by atoms with Crippen molar-refractivity contribution < 1.29 is 19.1 Å². The Hall–Kier alpha value is -2.77. The first kappa shape index (κ1) is 19.6. The number of hydrogen-bond donors (Lipinski definition) is 3. The second-order valence-corrected chi connectivity index (χ2v) is 5.98. The van der Waals surface area contributed by atoms with Crippen LogP contribution in [0, 0.1) is 0 Å². The molecule has 2 rings (SSSR count). The third-order valence-electron chi connectivity index (χ3n) is 3.86. The molecule has 1 atom stereocenters. The summed E-state index contributed by atoms with van der Waals surface area (Å²) in [5.74, 6) is -0.165. The molecule has 1 heterocycles. The van der Waals surface area contributed by atoms with Gasteiger partial charge in [0.2, 0.25) is 11.8 Å². The largest absolute Gasteiger partial charge is 0.477 e. The summed E-state index contributed by atoms with van der Waals surface area (Å²) >= 11 is 0. The van der Waals surface area contributed by atoms with Gasteiger partial charge < -0.3 is 25.6 Å². The normalized spacial score (nSPS) is 15.5. The Morgan fingerprint density at radius 1 is 1.12 bits per heavy atom. The molecule has 8 nitrogen and oxygen atoms in total. The van der Waals surface area contributed by atoms with Gasteiger partial charge in [-0.05, 0) is 25.5 Å². The monoisotopic (exact) mass is 362 g/mol. The molecule has 0 aromatic heterocycles. The number of nitrogens with zero attached hydrogens (tertiary/aromatic N) is 1. The van der Waals surface area contributed by atoms with Gasteiger partial charge in [0.15, 0.2) is 6.10 Å². The van der Waals surface area contributed by atoms with Crippen LogP contribution < -0.4 is 25.6 Å². The van der Waals surface area contributed by atoms with Gasteiger partial charge in [-0.15, -0.1) is 0 Å². The summed E-state index contributed by atoms with van der Waals surface area (Å²) in [5.41, 5.74) is 0.750. The van der Waals surface area contributed by atoms with Crippen molar-refractivity contribution in [3.63, 3.8) is 0 Å². The van der Waals surface area contributed by atoms with E-state index in [2.05, 4.69) is 16.0 Å². The summed E-state index contributed by atoms with van der Waals surface area (Å²) in [6.07, 6.45) is 0.147. The van der Waals surface area contributed by atoms with Crippen molar-refractivity contribution in [2.75, 3.05) is 37.6 Å². The van der Waals surface area contributed by atoms with Crippen molar-refractivity contribution in [2.45, 2.75) is 26.4 Å². The summed E-state index contributed by atoms with van der Waals surface area (Å²) in [6.45, 7) is 5.11. The van der Waals surface area contributed by atoms with E-state index in [0.29, 0.717) is 18.8 Å². The number of carbonyl (C=O) groups excluding carboxylic acids is 3. The smallest absolute Gasteiger partial charge is 0.262 e. The van der Waals surface area contributed by atoms with Crippen LogP contribution >= 0.6 is 0 Å². The van der Waals surface area contributed by atoms with Gasteiger partial charge in [-0.1, -0.05) is 19.1 Å². The lowest BCUT2D eigenvalue weighted by molar-refractivity contribution is -0.128. The van der Waals surface area contributed by atoms with Crippen LogP contribution in [0.1, 0.15) is 20.3 Å². The van der Waals surface area contributed by atoms with Crippen LogP contribution in [0.4, 0.5) is 5.69 Å². The molecule has 3 amide bonds. The maximum atomic E-state index is 12.3. The molecule has 26 heavy (non-hydrogen) atoms. The van der Waals surface area contributed by atoms with Crippen LogP contribution in [0.3, 0.4) is 0 Å². The van der Waals surface area contributed by atoms with Gasteiger partial charge in [0, 0.05) is 13.1 Å². The first-order valence-electron chi connectivity index (χ1n) is 8.86. The minimum absolute atomic E-state index is 0.0390. The highest BCUT2D eigenvalue weighted by Crippen LogP contribution is 2.32. The molecule has 0 bridgehead atoms. The topological polar surface area (TPSA) is 99.8 Å². The highest BCUT2D eigenvalue weighted by atomic mass is 16.5. The van der Waals surface area contributed by atoms with Crippen LogP contribution in [0.15, 0.2) is 24.3 Å². The number of anilines is 1. The van der Waals surface area contributed by atoms with Gasteiger partial charge >= 0.3 is 0 Å². The van der Waals surface area contributed by atoms with E-state index in [9.17, 15) is 14.4 Å². The van der Waals surface area contributed by atoms with Gasteiger partial charge in [-0.3, -0.25) is 14.4 Å². The SMILES string of the molecule is CCCNC(=O)[C@H]1CN(CC(=O)NCC(=O)NCC)c2ccccc2O1. The van der Waals surface area contributed by atoms with E-state index in [1.807, 2.05) is 32.0 Å². The number of benzene rings is 1. The standard InChI is InChI=1S/C18H26N4O4/c1-3-9-20-18(25)15-11-22(13-7-5-6-8-14(13)26-15)12-17(24)21-10-16(23)19-4-2/h5-8,15H,3-4,9-12H2,1-2H3,(H,19,23)(H,20,25)(H,21,24)/t15-/m1/s1. The first-order chi connectivity index (χ1) is 12.5. The number of amides is 3. The Kier molecular flexibility index (Phi) is 7.25. The number of hydrogen-bond acceptors (Lipinski definition) is 5. The first-order valence-corrected chi connectivity index (χ1v) is 8.86. The zero-order valence-corrected chi connectivity index (χ0v) is 15.2. The van der Waals surface area contributed by atoms with Crippen molar-refractivity contribution >= 4 is 23.4 Å². The molecule has 0 fully saturated rings. The molecular weight excluding hydrogens is 336 g/mol. The quantitative estimate of drug-likeness (QED) is 0.606. The Balaban J connectivity index is 2.02. The highest BCUT2D eigenvalue weighted by molar-refractivity contribution is 5.88. The lowest BCUT2D eigenvalue weighted by Gasteiger charge is -2.35. The minimum Gasteiger partial charge on any atom is -0.477 e. The van der Waals surface area contributed by atoms with Gasteiger partial charge in [-0.25, -0.2) is 0 Å². The Morgan fingerprint density at radius 3 is 2.62 bits per heavy atom. The maximum Gasteiger partial charge on any atom is 0.262 e. The van der Waals surface area contributed by atoms with Crippen LogP contribution in [-0.2, 0) is 14.4 Å². The van der Waals surface area contributed by atoms with Crippen molar-refractivity contribution in [1.82, 2.24) is 16.0 Å². The van der Waals surface area contributed by atoms with Crippen LogP contribution in [-0.4, -0.2) is 56.5 Å². The number of rotatable bonds is 8. The lowest BCUT2D eigenvalue weighted by Crippen LogP contribution is -2.51. The predicted octanol–water partition coefficient (Wildman–Crippen LogP) is 0.0325. The van der Waals surface area contributed by atoms with E-state index in [1.54, 1.807) is 11.0 Å². The molecule has 8 heteroatoms. The van der Waals surface area contributed by atoms with Crippen molar-refractivity contribution in [3.8, 4) is 5.75 Å². The van der Waals surface area contributed by atoms with Gasteiger partial charge in [0.25, 0.3) is 5.91 Å². The zero-order chi connectivity index (χ0) is 18.9. The third kappa shape index (κ3) is 5.37. The number of nitrogens with one attached hydrogen (secondary N) is 3. The Bertz CT molecular complexity index is 650. The summed E-state index contributed by atoms with van der Waals surface area (Å²) in [6, 6.07) is 7.28. The molecule has 0 radical (unpaired) electrons. The maximum absolute atomic E-state index is 12.3. The second kappa shape index (κ2) is 9.65. The molecule has 1 aliphatic rings. The summed E-state index contributed by atoms with van der Waals surface area (Å²) in [5, 5.41) is 8.03. The van der Waals surface area contributed by atoms with E-state index >= 15 is 0 Å². The summed E-state index contributed by atoms with van der Waals surface area (Å²) in [4.78, 5) is 37.7. The predicted molar refractivity (Wildman–Crippen MR) is 98.1 cm³/mol. The van der Waals surface area contributed by atoms with Crippen molar-refractivity contribution in [3.05, 3.63) is 24.3 Å². The average molecular weight is 362 g/mol. The fraction of sp³-hybridized carbons (Fsp3) is 0.500. The number of fused-ring (bicyclic) bond motifs is 1. The molecule has 0 saturated heterocycles. The van der Waals surface area contributed by atoms with Crippen LogP contribution in [0.2, 0.25) is 0 Å². The molecule has 0 saturated carbocycles. The van der Waals surface area contributed by atoms with E-state index < -0.39 is 6.10 Å². The van der Waals surface area contributed by atoms with E-state index in [4.69, 9.17) is 4.74 Å². The molecule has 142 valence electrons. The molecular formula is C18H26N4O4. The fourth-order valence-electron chi connectivity index (χ4n) is 2.62. The number of ether oxygens (including phenoxy) is 1. The number of carbonyl (C=O) groups is 3. The van der Waals surface area contributed by atoms with Gasteiger partial charge in [-0.2, -0.15) is 0 Å². The van der Waals surface area contributed by atoms with E-state index in [1.165, 1.54) is 0 Å². The fourth-order valence-corrected chi connectivity index (χ4v) is 2.62. The number of likely N-dealkylation sites (N-methyl/N-ethyl adjacent to an activating group) is 1. The van der Waals surface area contributed by atoms with Crippen LogP contribution in [0.25, 0.3) is 0 Å². The second-order valence-electron chi connectivity index (χ2n) is 5.98. The van der Waals surface area contributed by atoms with Gasteiger partial charge in [0.05, 0.1) is 25.3 Å². The summed E-state index contributed by atoms with van der Waals surface area (Å²) < 4.78 is 5.78. The van der Waals surface area contributed by atoms with Crippen LogP contribution in [0.5, 0.6) is 5.75 Å². The van der Waals surface area contributed by atoms with E-state index in [0.717, 1.165) is 12.1 Å². The van der Waals surface area contributed by atoms with Crippen molar-refractivity contribution in [2.24, 2.45) is 0 Å². The molecule has 1 aromatic carbocycles. The van der Waals surface area contributed by atoms with Crippen molar-refractivity contribution in [1.29, 1.82) is 0 Å². The molecule has 1 aliphatic heterocycles. The zero-order valence-electron chi connectivity index (χ0n) is 15.2. The molecule has 3 N–H and O–H groups in total. The third-order valence-corrected chi connectivity index (χ3v) is 3.86. The molecule has 1 aromatic rings. The molecule has 0 aliphatic carbocycles. The molecule has 0 spiro atoms. The minimum atomic E-state index is -0.687. The summed E-state index contributed by atoms with van der Waals surface area (Å²) in [7, 11) is 0.